The molecule has 0 bridgehead atoms. The van der Waals surface area contributed by atoms with Crippen LogP contribution in [0.25, 0.3) is 0 Å². The molecule has 2 aromatic rings. The third-order valence-electron chi connectivity index (χ3n) is 5.03. The van der Waals surface area contributed by atoms with Crippen LogP contribution >= 0.6 is 46.4 Å². The van der Waals surface area contributed by atoms with Gasteiger partial charge in [0.15, 0.2) is 13.2 Å². The summed E-state index contributed by atoms with van der Waals surface area (Å²) >= 11 is 23.7. The predicted octanol–water partition coefficient (Wildman–Crippen LogP) is 3.62. The van der Waals surface area contributed by atoms with E-state index in [9.17, 15) is 4.79 Å². The van der Waals surface area contributed by atoms with Crippen LogP contribution in [0.3, 0.4) is 0 Å². The molecule has 1 fully saturated rings. The zero-order chi connectivity index (χ0) is 23.1. The van der Waals surface area contributed by atoms with Gasteiger partial charge in [-0.3, -0.25) is 15.5 Å². The summed E-state index contributed by atoms with van der Waals surface area (Å²) in [5, 5.41) is 4.73. The average Bonchev–Trinajstić information content (AvgIpc) is 2.77. The van der Waals surface area contributed by atoms with Crippen LogP contribution < -0.4 is 25.5 Å². The van der Waals surface area contributed by atoms with Crippen LogP contribution in [0.15, 0.2) is 36.4 Å². The van der Waals surface area contributed by atoms with Crippen molar-refractivity contribution in [2.45, 2.75) is 37.8 Å². The van der Waals surface area contributed by atoms with Crippen molar-refractivity contribution in [3.05, 3.63) is 56.5 Å². The third-order valence-corrected chi connectivity index (χ3v) is 6.51. The van der Waals surface area contributed by atoms with E-state index in [0.717, 1.165) is 25.7 Å². The number of nitrogens with one attached hydrogen (secondary N) is 2. The molecule has 0 aromatic heterocycles. The van der Waals surface area contributed by atoms with Crippen LogP contribution in [0.2, 0.25) is 20.1 Å². The Labute approximate surface area is 207 Å². The van der Waals surface area contributed by atoms with E-state index in [1.54, 1.807) is 36.4 Å². The van der Waals surface area contributed by atoms with Gasteiger partial charge in [-0.15, -0.1) is 0 Å². The summed E-state index contributed by atoms with van der Waals surface area (Å²) in [5.41, 5.74) is 6.07. The van der Waals surface area contributed by atoms with Gasteiger partial charge in [-0.05, 0) is 49.9 Å². The summed E-state index contributed by atoms with van der Waals surface area (Å²) in [6, 6.07) is 10.3. The molecule has 0 radical (unpaired) electrons. The van der Waals surface area contributed by atoms with Crippen molar-refractivity contribution in [3.8, 4) is 11.5 Å². The molecular formula is C22H24Cl4N3O3+. The van der Waals surface area contributed by atoms with Crippen molar-refractivity contribution in [2.75, 3.05) is 13.2 Å². The highest BCUT2D eigenvalue weighted by Gasteiger charge is 2.24. The van der Waals surface area contributed by atoms with Crippen LogP contribution in [0, 0.1) is 0 Å². The SMILES string of the molecule is NC(COc1ccc(Cl)c(Cl)c1)=[NH+]C1CCC(NC(=O)COc2ccc(Cl)c(Cl)c2)CC1. The maximum atomic E-state index is 12.2. The van der Waals surface area contributed by atoms with Crippen molar-refractivity contribution >= 4 is 58.1 Å². The Kier molecular flexibility index (Phi) is 9.17. The van der Waals surface area contributed by atoms with Crippen molar-refractivity contribution < 1.29 is 19.3 Å². The van der Waals surface area contributed by atoms with Gasteiger partial charge in [-0.1, -0.05) is 46.4 Å². The molecule has 1 aliphatic rings. The van der Waals surface area contributed by atoms with E-state index in [1.807, 2.05) is 0 Å². The average molecular weight is 520 g/mol. The first kappa shape index (κ1) is 24.8. The zero-order valence-electron chi connectivity index (χ0n) is 17.2. The molecule has 0 saturated heterocycles. The van der Waals surface area contributed by atoms with Gasteiger partial charge >= 0.3 is 0 Å². The largest absolute Gasteiger partial charge is 0.484 e. The second kappa shape index (κ2) is 11.8. The Morgan fingerprint density at radius 1 is 0.875 bits per heavy atom. The predicted molar refractivity (Wildman–Crippen MR) is 128 cm³/mol. The summed E-state index contributed by atoms with van der Waals surface area (Å²) < 4.78 is 11.1. The molecule has 0 atom stereocenters. The topological polar surface area (TPSA) is 87.5 Å². The van der Waals surface area contributed by atoms with Crippen molar-refractivity contribution in [1.82, 2.24) is 5.32 Å². The smallest absolute Gasteiger partial charge is 0.279 e. The maximum absolute atomic E-state index is 12.2. The third kappa shape index (κ3) is 7.62. The minimum absolute atomic E-state index is 0.0804. The van der Waals surface area contributed by atoms with E-state index < -0.39 is 0 Å². The Balaban J connectivity index is 1.37. The number of rotatable bonds is 8. The minimum Gasteiger partial charge on any atom is -0.484 e. The summed E-state index contributed by atoms with van der Waals surface area (Å²) in [7, 11) is 0. The van der Waals surface area contributed by atoms with Gasteiger partial charge < -0.3 is 14.8 Å². The van der Waals surface area contributed by atoms with Gasteiger partial charge in [0, 0.05) is 18.2 Å². The number of carbonyl (C=O) groups is 1. The number of hydrogen-bond acceptors (Lipinski definition) is 3. The van der Waals surface area contributed by atoms with E-state index in [-0.39, 0.29) is 31.2 Å². The first-order valence-electron chi connectivity index (χ1n) is 10.1. The quantitative estimate of drug-likeness (QED) is 0.367. The molecule has 1 aliphatic carbocycles. The number of amidine groups is 1. The molecule has 32 heavy (non-hydrogen) atoms. The van der Waals surface area contributed by atoms with E-state index in [4.69, 9.17) is 61.6 Å². The summed E-state index contributed by atoms with van der Waals surface area (Å²) in [6.45, 7) is 0.142. The molecule has 1 amide bonds. The number of carbonyl (C=O) groups excluding carboxylic acids is 1. The summed E-state index contributed by atoms with van der Waals surface area (Å²) in [6.07, 6.45) is 3.45. The van der Waals surface area contributed by atoms with Gasteiger partial charge in [0.05, 0.1) is 26.1 Å². The van der Waals surface area contributed by atoms with Crippen LogP contribution in [0.5, 0.6) is 11.5 Å². The Morgan fingerprint density at radius 2 is 1.41 bits per heavy atom. The molecule has 2 aromatic carbocycles. The lowest BCUT2D eigenvalue weighted by molar-refractivity contribution is -0.510. The first-order chi connectivity index (χ1) is 15.3. The van der Waals surface area contributed by atoms with Crippen molar-refractivity contribution in [2.24, 2.45) is 5.73 Å². The fraction of sp³-hybridized carbons (Fsp3) is 0.364. The maximum Gasteiger partial charge on any atom is 0.279 e. The van der Waals surface area contributed by atoms with Crippen LogP contribution in [-0.2, 0) is 4.79 Å². The van der Waals surface area contributed by atoms with Gasteiger partial charge in [-0.2, -0.15) is 0 Å². The van der Waals surface area contributed by atoms with Gasteiger partial charge in [0.25, 0.3) is 11.7 Å². The highest BCUT2D eigenvalue weighted by Crippen LogP contribution is 2.27. The monoisotopic (exact) mass is 518 g/mol. The number of benzene rings is 2. The van der Waals surface area contributed by atoms with Crippen molar-refractivity contribution in [1.29, 1.82) is 0 Å². The van der Waals surface area contributed by atoms with Gasteiger partial charge in [-0.25, -0.2) is 0 Å². The highest BCUT2D eigenvalue weighted by molar-refractivity contribution is 6.42. The molecule has 0 aliphatic heterocycles. The number of amides is 1. The summed E-state index contributed by atoms with van der Waals surface area (Å²) in [4.78, 5) is 15.5. The van der Waals surface area contributed by atoms with Crippen molar-refractivity contribution in [3.63, 3.8) is 0 Å². The number of halogens is 4. The van der Waals surface area contributed by atoms with Gasteiger partial charge in [0.2, 0.25) is 0 Å². The second-order valence-corrected chi connectivity index (χ2v) is 9.14. The van der Waals surface area contributed by atoms with Crippen LogP contribution in [0.4, 0.5) is 0 Å². The minimum atomic E-state index is -0.173. The van der Waals surface area contributed by atoms with E-state index >= 15 is 0 Å². The normalized spacial score (nSPS) is 18.8. The zero-order valence-corrected chi connectivity index (χ0v) is 20.2. The molecule has 0 spiro atoms. The molecule has 10 heteroatoms. The lowest BCUT2D eigenvalue weighted by Gasteiger charge is -2.26. The Morgan fingerprint density at radius 3 is 1.94 bits per heavy atom. The van der Waals surface area contributed by atoms with Gasteiger partial charge in [0.1, 0.15) is 11.5 Å². The summed E-state index contributed by atoms with van der Waals surface area (Å²) in [5.74, 6) is 1.46. The number of hydrogen-bond donors (Lipinski definition) is 3. The Hall–Kier alpha value is -1.86. The lowest BCUT2D eigenvalue weighted by Crippen LogP contribution is -2.83. The molecule has 172 valence electrons. The van der Waals surface area contributed by atoms with E-state index in [0.29, 0.717) is 37.4 Å². The fourth-order valence-electron chi connectivity index (χ4n) is 3.40. The number of ether oxygens (including phenoxy) is 2. The molecular weight excluding hydrogens is 496 g/mol. The molecule has 3 rings (SSSR count). The standard InChI is InChI=1S/C22H23Cl4N3O3/c23-17-7-5-15(9-19(17)25)31-11-21(27)28-13-1-3-14(4-2-13)29-22(30)12-32-16-6-8-18(24)20(26)10-16/h5-10,13-14H,1-4,11-12H2,(H2,27,28)(H,29,30)/p+1. The molecule has 6 nitrogen and oxygen atoms in total. The van der Waals surface area contributed by atoms with E-state index in [2.05, 4.69) is 10.3 Å². The van der Waals surface area contributed by atoms with Crippen LogP contribution in [0.1, 0.15) is 25.7 Å². The van der Waals surface area contributed by atoms with Crippen LogP contribution in [-0.4, -0.2) is 37.0 Å². The Bertz CT molecular complexity index is 979. The fourth-order valence-corrected chi connectivity index (χ4v) is 3.97. The molecule has 1 saturated carbocycles. The number of nitrogens with two attached hydrogens (primary N) is 1. The van der Waals surface area contributed by atoms with E-state index in [1.165, 1.54) is 0 Å². The first-order valence-corrected chi connectivity index (χ1v) is 11.6. The second-order valence-electron chi connectivity index (χ2n) is 7.51. The molecule has 0 heterocycles. The highest BCUT2D eigenvalue weighted by atomic mass is 35.5. The lowest BCUT2D eigenvalue weighted by atomic mass is 9.91. The molecule has 0 unspecified atom stereocenters. The molecule has 4 N–H and O–H groups in total.